The fourth-order valence-corrected chi connectivity index (χ4v) is 3.70. The summed E-state index contributed by atoms with van der Waals surface area (Å²) < 4.78 is 0. The van der Waals surface area contributed by atoms with E-state index in [1.807, 2.05) is 0 Å². The molecule has 0 radical (unpaired) electrons. The fourth-order valence-electron chi connectivity index (χ4n) is 3.70. The second-order valence-corrected chi connectivity index (χ2v) is 6.57. The zero-order chi connectivity index (χ0) is 18.6. The molecule has 2 heterocycles. The number of rotatable bonds is 8. The lowest BCUT2D eigenvalue weighted by molar-refractivity contribution is -0.159. The van der Waals surface area contributed by atoms with E-state index in [2.05, 4.69) is 10.6 Å². The largest absolute Gasteiger partial charge is 0.480 e. The van der Waals surface area contributed by atoms with E-state index in [0.29, 0.717) is 12.8 Å². The topological polar surface area (TPSA) is 136 Å². The van der Waals surface area contributed by atoms with Gasteiger partial charge in [-0.25, -0.2) is 4.79 Å². The third-order valence-corrected chi connectivity index (χ3v) is 5.01. The van der Waals surface area contributed by atoms with Crippen LogP contribution in [0.5, 0.6) is 0 Å². The Morgan fingerprint density at radius 2 is 2.00 bits per heavy atom. The number of hydrogen-bond acceptors (Lipinski definition) is 6. The van der Waals surface area contributed by atoms with Gasteiger partial charge < -0.3 is 20.8 Å². The van der Waals surface area contributed by atoms with Gasteiger partial charge in [0.2, 0.25) is 5.91 Å². The molecule has 0 saturated carbocycles. The van der Waals surface area contributed by atoms with Crippen molar-refractivity contribution in [2.24, 2.45) is 0 Å². The van der Waals surface area contributed by atoms with Gasteiger partial charge in [0.1, 0.15) is 0 Å². The lowest BCUT2D eigenvalue weighted by atomic mass is 9.85. The van der Waals surface area contributed by atoms with Gasteiger partial charge in [0.15, 0.2) is 11.3 Å². The molecule has 25 heavy (non-hydrogen) atoms. The van der Waals surface area contributed by atoms with E-state index >= 15 is 0 Å². The molecule has 2 fully saturated rings. The van der Waals surface area contributed by atoms with Gasteiger partial charge in [-0.05, 0) is 38.6 Å². The summed E-state index contributed by atoms with van der Waals surface area (Å²) in [5.74, 6) is -3.51. The summed E-state index contributed by atoms with van der Waals surface area (Å²) >= 11 is 0. The molecule has 4 N–H and O–H groups in total. The fraction of sp³-hybridized carbons (Fsp3) is 0.750. The molecular formula is C16H25N3O6. The highest BCUT2D eigenvalue weighted by atomic mass is 16.4. The number of nitrogens with zero attached hydrogens (tertiary/aromatic N) is 1. The molecule has 1 amide bonds. The normalized spacial score (nSPS) is 27.8. The summed E-state index contributed by atoms with van der Waals surface area (Å²) in [4.78, 5) is 49.5. The van der Waals surface area contributed by atoms with E-state index in [-0.39, 0.29) is 31.3 Å². The Labute approximate surface area is 145 Å². The molecule has 9 nitrogen and oxygen atoms in total. The number of Topliss-reactive ketones (excluding diaryl/α,β-unsaturated/α-hetero) is 1. The lowest BCUT2D eigenvalue weighted by Crippen LogP contribution is -2.63. The van der Waals surface area contributed by atoms with Gasteiger partial charge in [0.05, 0.1) is 18.6 Å². The predicted molar refractivity (Wildman–Crippen MR) is 87.1 cm³/mol. The summed E-state index contributed by atoms with van der Waals surface area (Å²) in [7, 11) is 0. The first-order valence-electron chi connectivity index (χ1n) is 8.61. The van der Waals surface area contributed by atoms with E-state index in [0.717, 1.165) is 13.0 Å². The minimum Gasteiger partial charge on any atom is -0.480 e. The van der Waals surface area contributed by atoms with Crippen molar-refractivity contribution in [3.8, 4) is 0 Å². The van der Waals surface area contributed by atoms with Crippen LogP contribution in [0.25, 0.3) is 0 Å². The van der Waals surface area contributed by atoms with Crippen molar-refractivity contribution in [1.82, 2.24) is 15.5 Å². The summed E-state index contributed by atoms with van der Waals surface area (Å²) in [6.45, 7) is 2.12. The second-order valence-electron chi connectivity index (χ2n) is 6.57. The Balaban J connectivity index is 2.20. The minimum absolute atomic E-state index is 0.0441. The van der Waals surface area contributed by atoms with Gasteiger partial charge in [0.25, 0.3) is 0 Å². The number of likely N-dealkylation sites (tertiary alicyclic amines) is 1. The number of aliphatic carboxylic acids is 2. The number of amides is 1. The Bertz CT molecular complexity index is 560. The van der Waals surface area contributed by atoms with Crippen molar-refractivity contribution in [2.75, 3.05) is 19.6 Å². The maximum absolute atomic E-state index is 13.0. The highest BCUT2D eigenvalue weighted by molar-refractivity contribution is 6.11. The molecule has 3 atom stereocenters. The van der Waals surface area contributed by atoms with Crippen LogP contribution in [-0.2, 0) is 19.2 Å². The van der Waals surface area contributed by atoms with Crippen LogP contribution in [0.15, 0.2) is 0 Å². The zero-order valence-corrected chi connectivity index (χ0v) is 14.3. The second kappa shape index (κ2) is 7.92. The van der Waals surface area contributed by atoms with Gasteiger partial charge >= 0.3 is 11.9 Å². The highest BCUT2D eigenvalue weighted by Crippen LogP contribution is 2.32. The number of ketones is 1. The maximum atomic E-state index is 13.0. The van der Waals surface area contributed by atoms with Gasteiger partial charge in [-0.3, -0.25) is 19.3 Å². The van der Waals surface area contributed by atoms with E-state index in [4.69, 9.17) is 5.11 Å². The van der Waals surface area contributed by atoms with Crippen LogP contribution in [0.4, 0.5) is 0 Å². The third-order valence-electron chi connectivity index (χ3n) is 5.01. The molecule has 0 unspecified atom stereocenters. The SMILES string of the molecule is CC[C@H](NC(=O)[C@@H]1CCCN1)C(=O)[C@@]1(C(=O)O)CCCN1CC(=O)O. The summed E-state index contributed by atoms with van der Waals surface area (Å²) in [6, 6.07) is -1.33. The summed E-state index contributed by atoms with van der Waals surface area (Å²) in [6.07, 6.45) is 2.25. The molecule has 0 aliphatic carbocycles. The first-order valence-corrected chi connectivity index (χ1v) is 8.61. The van der Waals surface area contributed by atoms with E-state index in [1.54, 1.807) is 6.92 Å². The van der Waals surface area contributed by atoms with Crippen LogP contribution in [0, 0.1) is 0 Å². The Hall–Kier alpha value is -2.00. The molecular weight excluding hydrogens is 330 g/mol. The van der Waals surface area contributed by atoms with Crippen molar-refractivity contribution in [3.63, 3.8) is 0 Å². The Morgan fingerprint density at radius 1 is 1.28 bits per heavy atom. The zero-order valence-electron chi connectivity index (χ0n) is 14.3. The highest BCUT2D eigenvalue weighted by Gasteiger charge is 2.56. The van der Waals surface area contributed by atoms with Crippen molar-refractivity contribution in [3.05, 3.63) is 0 Å². The molecule has 0 bridgehead atoms. The van der Waals surface area contributed by atoms with Crippen LogP contribution in [0.1, 0.15) is 39.0 Å². The maximum Gasteiger partial charge on any atom is 0.332 e. The van der Waals surface area contributed by atoms with Gasteiger partial charge in [-0.1, -0.05) is 6.92 Å². The molecule has 2 aliphatic heterocycles. The predicted octanol–water partition coefficient (Wildman–Crippen LogP) is -0.794. The third kappa shape index (κ3) is 3.82. The Morgan fingerprint density at radius 3 is 2.52 bits per heavy atom. The Kier molecular flexibility index (Phi) is 6.12. The van der Waals surface area contributed by atoms with Crippen LogP contribution < -0.4 is 10.6 Å². The molecule has 140 valence electrons. The number of carboxylic acids is 2. The van der Waals surface area contributed by atoms with Gasteiger partial charge in [-0.2, -0.15) is 0 Å². The molecule has 9 heteroatoms. The van der Waals surface area contributed by atoms with Crippen LogP contribution in [0.2, 0.25) is 0 Å². The smallest absolute Gasteiger partial charge is 0.332 e. The number of carbonyl (C=O) groups is 4. The van der Waals surface area contributed by atoms with Gasteiger partial charge in [0, 0.05) is 6.54 Å². The van der Waals surface area contributed by atoms with Crippen molar-refractivity contribution >= 4 is 23.6 Å². The molecule has 0 aromatic rings. The molecule has 0 spiro atoms. The average Bonchev–Trinajstić information content (AvgIpc) is 3.21. The number of carboxylic acid groups (broad SMARTS) is 2. The lowest BCUT2D eigenvalue weighted by Gasteiger charge is -2.35. The van der Waals surface area contributed by atoms with Crippen molar-refractivity contribution in [2.45, 2.75) is 56.7 Å². The summed E-state index contributed by atoms with van der Waals surface area (Å²) in [5.41, 5.74) is -1.89. The van der Waals surface area contributed by atoms with Crippen LogP contribution >= 0.6 is 0 Å². The van der Waals surface area contributed by atoms with E-state index < -0.39 is 35.8 Å². The number of carbonyl (C=O) groups excluding carboxylic acids is 2. The standard InChI is InChI=1S/C16H25N3O6/c1-2-10(18-14(23)11-5-3-7-17-11)13(22)16(15(24)25)6-4-8-19(16)9-12(20)21/h10-11,17H,2-9H2,1H3,(H,18,23)(H,20,21)(H,24,25)/t10-,11-,16+/m0/s1. The molecule has 2 rings (SSSR count). The van der Waals surface area contributed by atoms with Crippen molar-refractivity contribution < 1.29 is 29.4 Å². The van der Waals surface area contributed by atoms with Crippen molar-refractivity contribution in [1.29, 1.82) is 0 Å². The average molecular weight is 355 g/mol. The number of hydrogen-bond donors (Lipinski definition) is 4. The molecule has 0 aromatic heterocycles. The monoisotopic (exact) mass is 355 g/mol. The number of nitrogens with one attached hydrogen (secondary N) is 2. The molecule has 2 saturated heterocycles. The summed E-state index contributed by atoms with van der Waals surface area (Å²) in [5, 5.41) is 24.4. The quantitative estimate of drug-likeness (QED) is 0.416. The molecule has 0 aromatic carbocycles. The van der Waals surface area contributed by atoms with E-state index in [1.165, 1.54) is 4.90 Å². The minimum atomic E-state index is -1.89. The van der Waals surface area contributed by atoms with Crippen LogP contribution in [0.3, 0.4) is 0 Å². The molecule has 2 aliphatic rings. The van der Waals surface area contributed by atoms with E-state index in [9.17, 15) is 24.3 Å². The van der Waals surface area contributed by atoms with Crippen LogP contribution in [-0.4, -0.2) is 76.0 Å². The first kappa shape index (κ1) is 19.3. The first-order chi connectivity index (χ1) is 11.8. The van der Waals surface area contributed by atoms with Gasteiger partial charge in [-0.15, -0.1) is 0 Å².